The Bertz CT molecular complexity index is 466. The molecule has 0 fully saturated rings. The van der Waals surface area contributed by atoms with Gasteiger partial charge in [-0.3, -0.25) is 4.52 Å². The summed E-state index contributed by atoms with van der Waals surface area (Å²) < 4.78 is 10.2. The second-order valence-electron chi connectivity index (χ2n) is 3.58. The second-order valence-corrected chi connectivity index (χ2v) is 4.84. The number of rotatable bonds is 4. The standard InChI is InChI=1S/C9H12N4O2S/c1-5(2)8-10-9(15-13-8)14-4-7-12-11-6(3)16-7/h5H,4H2,1-3H3. The van der Waals surface area contributed by atoms with Crippen LogP contribution >= 0.6 is 11.3 Å². The van der Waals surface area contributed by atoms with Crippen molar-refractivity contribution in [1.29, 1.82) is 0 Å². The molecule has 2 rings (SSSR count). The molecule has 2 heterocycles. The molecule has 0 amide bonds. The quantitative estimate of drug-likeness (QED) is 0.813. The van der Waals surface area contributed by atoms with Crippen molar-refractivity contribution >= 4 is 11.3 Å². The van der Waals surface area contributed by atoms with Gasteiger partial charge >= 0.3 is 6.08 Å². The van der Waals surface area contributed by atoms with Crippen molar-refractivity contribution in [3.05, 3.63) is 15.8 Å². The highest BCUT2D eigenvalue weighted by atomic mass is 32.1. The Hall–Kier alpha value is -1.50. The van der Waals surface area contributed by atoms with E-state index in [-0.39, 0.29) is 12.0 Å². The zero-order valence-corrected chi connectivity index (χ0v) is 10.1. The van der Waals surface area contributed by atoms with Gasteiger partial charge in [-0.05, 0) is 6.92 Å². The molecule has 0 atom stereocenters. The molecule has 6 nitrogen and oxygen atoms in total. The maximum Gasteiger partial charge on any atom is 0.417 e. The van der Waals surface area contributed by atoms with Gasteiger partial charge in [0.2, 0.25) is 0 Å². The van der Waals surface area contributed by atoms with Crippen LogP contribution in [-0.4, -0.2) is 20.3 Å². The van der Waals surface area contributed by atoms with Crippen LogP contribution in [0.5, 0.6) is 6.08 Å². The Morgan fingerprint density at radius 3 is 2.75 bits per heavy atom. The van der Waals surface area contributed by atoms with Crippen LogP contribution in [0, 0.1) is 6.92 Å². The lowest BCUT2D eigenvalue weighted by molar-refractivity contribution is 0.194. The fraction of sp³-hybridized carbons (Fsp3) is 0.556. The lowest BCUT2D eigenvalue weighted by Crippen LogP contribution is -1.95. The SMILES string of the molecule is Cc1nnc(COc2nc(C(C)C)no2)s1. The fourth-order valence-corrected chi connectivity index (χ4v) is 1.65. The monoisotopic (exact) mass is 240 g/mol. The molecule has 86 valence electrons. The molecular weight excluding hydrogens is 228 g/mol. The van der Waals surface area contributed by atoms with Crippen LogP contribution in [0.3, 0.4) is 0 Å². The van der Waals surface area contributed by atoms with Gasteiger partial charge in [0.1, 0.15) is 11.6 Å². The Balaban J connectivity index is 1.94. The van der Waals surface area contributed by atoms with Crippen LogP contribution in [0.4, 0.5) is 0 Å². The largest absolute Gasteiger partial charge is 0.441 e. The highest BCUT2D eigenvalue weighted by molar-refractivity contribution is 7.11. The number of hydrogen-bond donors (Lipinski definition) is 0. The predicted octanol–water partition coefficient (Wildman–Crippen LogP) is 1.93. The predicted molar refractivity (Wildman–Crippen MR) is 57.4 cm³/mol. The normalized spacial score (nSPS) is 11.0. The number of aromatic nitrogens is 4. The summed E-state index contributed by atoms with van der Waals surface area (Å²) in [6.45, 7) is 6.18. The smallest absolute Gasteiger partial charge is 0.417 e. The highest BCUT2D eigenvalue weighted by Gasteiger charge is 2.11. The van der Waals surface area contributed by atoms with Crippen LogP contribution in [0.2, 0.25) is 0 Å². The lowest BCUT2D eigenvalue weighted by atomic mass is 10.2. The molecule has 16 heavy (non-hydrogen) atoms. The molecule has 0 aliphatic rings. The van der Waals surface area contributed by atoms with Crippen molar-refractivity contribution in [1.82, 2.24) is 20.3 Å². The van der Waals surface area contributed by atoms with E-state index in [9.17, 15) is 0 Å². The van der Waals surface area contributed by atoms with Crippen LogP contribution in [0.25, 0.3) is 0 Å². The third-order valence-corrected chi connectivity index (χ3v) is 2.64. The van der Waals surface area contributed by atoms with Gasteiger partial charge in [0, 0.05) is 5.92 Å². The summed E-state index contributed by atoms with van der Waals surface area (Å²) in [7, 11) is 0. The van der Waals surface area contributed by atoms with Crippen LogP contribution in [0.1, 0.15) is 35.6 Å². The Kier molecular flexibility index (Phi) is 3.14. The molecule has 0 unspecified atom stereocenters. The van der Waals surface area contributed by atoms with E-state index in [0.717, 1.165) is 10.0 Å². The third kappa shape index (κ3) is 2.54. The summed E-state index contributed by atoms with van der Waals surface area (Å²) in [5, 5.41) is 13.3. The molecule has 2 aromatic rings. The number of nitrogens with zero attached hydrogens (tertiary/aromatic N) is 4. The Morgan fingerprint density at radius 2 is 2.19 bits per heavy atom. The molecule has 0 saturated heterocycles. The number of hydrogen-bond acceptors (Lipinski definition) is 7. The molecule has 0 saturated carbocycles. The van der Waals surface area contributed by atoms with Crippen LogP contribution < -0.4 is 4.74 Å². The zero-order valence-electron chi connectivity index (χ0n) is 9.30. The molecule has 7 heteroatoms. The minimum atomic E-state index is 0.177. The van der Waals surface area contributed by atoms with E-state index in [0.29, 0.717) is 12.4 Å². The first-order chi connectivity index (χ1) is 7.65. The van der Waals surface area contributed by atoms with E-state index in [1.165, 1.54) is 11.3 Å². The van der Waals surface area contributed by atoms with E-state index in [4.69, 9.17) is 9.26 Å². The minimum Gasteiger partial charge on any atom is -0.441 e. The molecule has 0 radical (unpaired) electrons. The van der Waals surface area contributed by atoms with Gasteiger partial charge in [0.15, 0.2) is 10.8 Å². The first-order valence-electron chi connectivity index (χ1n) is 4.90. The van der Waals surface area contributed by atoms with Crippen molar-refractivity contribution < 1.29 is 9.26 Å². The third-order valence-electron chi connectivity index (χ3n) is 1.83. The van der Waals surface area contributed by atoms with Gasteiger partial charge in [-0.2, -0.15) is 4.98 Å². The van der Waals surface area contributed by atoms with Crippen molar-refractivity contribution in [3.8, 4) is 6.08 Å². The van der Waals surface area contributed by atoms with Crippen LogP contribution in [-0.2, 0) is 6.61 Å². The van der Waals surface area contributed by atoms with Crippen molar-refractivity contribution in [3.63, 3.8) is 0 Å². The van der Waals surface area contributed by atoms with E-state index in [2.05, 4.69) is 20.3 Å². The van der Waals surface area contributed by atoms with Gasteiger partial charge in [-0.25, -0.2) is 0 Å². The van der Waals surface area contributed by atoms with E-state index in [1.807, 2.05) is 20.8 Å². The van der Waals surface area contributed by atoms with Crippen molar-refractivity contribution in [2.75, 3.05) is 0 Å². The summed E-state index contributed by atoms with van der Waals surface area (Å²) in [5.41, 5.74) is 0. The first kappa shape index (κ1) is 11.0. The highest BCUT2D eigenvalue weighted by Crippen LogP contribution is 2.16. The average molecular weight is 240 g/mol. The Morgan fingerprint density at radius 1 is 1.38 bits per heavy atom. The molecule has 0 aliphatic carbocycles. The summed E-state index contributed by atoms with van der Waals surface area (Å²) >= 11 is 1.48. The maximum absolute atomic E-state index is 5.30. The molecule has 0 N–H and O–H groups in total. The maximum atomic E-state index is 5.30. The van der Waals surface area contributed by atoms with E-state index in [1.54, 1.807) is 0 Å². The van der Waals surface area contributed by atoms with Crippen molar-refractivity contribution in [2.45, 2.75) is 33.3 Å². The van der Waals surface area contributed by atoms with E-state index >= 15 is 0 Å². The van der Waals surface area contributed by atoms with Crippen molar-refractivity contribution in [2.24, 2.45) is 0 Å². The van der Waals surface area contributed by atoms with Gasteiger partial charge in [0.25, 0.3) is 0 Å². The second kappa shape index (κ2) is 4.56. The summed E-state index contributed by atoms with van der Waals surface area (Å²) in [6, 6.07) is 0. The van der Waals surface area contributed by atoms with E-state index < -0.39 is 0 Å². The van der Waals surface area contributed by atoms with Gasteiger partial charge in [-0.1, -0.05) is 30.3 Å². The van der Waals surface area contributed by atoms with Gasteiger partial charge in [0.05, 0.1) is 0 Å². The van der Waals surface area contributed by atoms with Crippen LogP contribution in [0.15, 0.2) is 4.52 Å². The topological polar surface area (TPSA) is 73.9 Å². The lowest BCUT2D eigenvalue weighted by Gasteiger charge is -1.95. The molecule has 2 aromatic heterocycles. The molecule has 0 aromatic carbocycles. The zero-order chi connectivity index (χ0) is 11.5. The molecular formula is C9H12N4O2S. The van der Waals surface area contributed by atoms with Gasteiger partial charge < -0.3 is 4.74 Å². The molecule has 0 aliphatic heterocycles. The average Bonchev–Trinajstić information content (AvgIpc) is 2.83. The molecule has 0 bridgehead atoms. The summed E-state index contributed by atoms with van der Waals surface area (Å²) in [4.78, 5) is 4.09. The number of aryl methyl sites for hydroxylation is 1. The summed E-state index contributed by atoms with van der Waals surface area (Å²) in [6.07, 6.45) is 0.177. The van der Waals surface area contributed by atoms with Gasteiger partial charge in [-0.15, -0.1) is 10.2 Å². The first-order valence-corrected chi connectivity index (χ1v) is 5.72. The Labute approximate surface area is 96.7 Å². The minimum absolute atomic E-state index is 0.177. The number of ether oxygens (including phenoxy) is 1. The fourth-order valence-electron chi connectivity index (χ4n) is 1.03. The molecule has 0 spiro atoms. The summed E-state index contributed by atoms with van der Waals surface area (Å²) in [5.74, 6) is 0.869.